The summed E-state index contributed by atoms with van der Waals surface area (Å²) in [5.74, 6) is -0.353. The van der Waals surface area contributed by atoms with Crippen molar-refractivity contribution >= 4 is 23.2 Å². The first-order valence-electron chi connectivity index (χ1n) is 11.2. The minimum absolute atomic E-state index is 0.00168. The van der Waals surface area contributed by atoms with E-state index in [0.29, 0.717) is 23.4 Å². The molecule has 0 aliphatic rings. The van der Waals surface area contributed by atoms with E-state index in [4.69, 9.17) is 15.2 Å². The molecule has 4 rings (SSSR count). The highest BCUT2D eigenvalue weighted by molar-refractivity contribution is 5.91. The first kappa shape index (κ1) is 27.2. The van der Waals surface area contributed by atoms with Crippen LogP contribution in [0.1, 0.15) is 22.4 Å². The molecule has 0 amide bonds. The Morgan fingerprint density at radius 2 is 1.77 bits per heavy atom. The largest absolute Gasteiger partial charge is 0.493 e. The molecule has 2 N–H and O–H groups in total. The van der Waals surface area contributed by atoms with Gasteiger partial charge in [-0.05, 0) is 48.0 Å². The van der Waals surface area contributed by atoms with E-state index in [0.717, 1.165) is 6.07 Å². The number of aromatic nitrogens is 2. The van der Waals surface area contributed by atoms with Gasteiger partial charge < -0.3 is 15.2 Å². The topological polar surface area (TPSA) is 153 Å². The summed E-state index contributed by atoms with van der Waals surface area (Å²) in [6.07, 6.45) is -3.36. The molecule has 3 aromatic carbocycles. The second-order valence-electron chi connectivity index (χ2n) is 8.09. The summed E-state index contributed by atoms with van der Waals surface area (Å²) in [5.41, 5.74) is 5.09. The van der Waals surface area contributed by atoms with Crippen LogP contribution in [0.3, 0.4) is 0 Å². The van der Waals surface area contributed by atoms with Crippen LogP contribution in [0.4, 0.5) is 24.7 Å². The summed E-state index contributed by atoms with van der Waals surface area (Å²) < 4.78 is 51.3. The number of rotatable bonds is 7. The minimum atomic E-state index is -4.78. The van der Waals surface area contributed by atoms with Gasteiger partial charge in [0.2, 0.25) is 5.75 Å². The molecule has 4 aromatic rings. The molecule has 0 atom stereocenters. The normalized spacial score (nSPS) is 11.4. The van der Waals surface area contributed by atoms with Gasteiger partial charge in [-0.15, -0.1) is 0 Å². The smallest absolute Gasteiger partial charge is 0.416 e. The average molecular weight is 546 g/mol. The number of nitrogen functional groups attached to an aromatic ring is 1. The Labute approximate surface area is 224 Å². The number of para-hydroxylation sites is 1. The third-order valence-electron chi connectivity index (χ3n) is 5.61. The number of nitrogens with two attached hydrogens (primary N) is 1. The molecule has 10 nitrogen and oxygen atoms in total. The predicted octanol–water partition coefficient (Wildman–Crippen LogP) is 6.12. The van der Waals surface area contributed by atoms with Gasteiger partial charge in [0.05, 0.1) is 28.9 Å². The SMILES string of the molecule is COc1cc(C=C(C#N)c2nn(-c3ccccc3)c(N)c2C#N)ccc1Oc1ccc(C(F)(F)F)cc1[N+](=O)[O-]. The molecule has 0 radical (unpaired) electrons. The Bertz CT molecular complexity index is 1720. The maximum absolute atomic E-state index is 13.0. The lowest BCUT2D eigenvalue weighted by molar-refractivity contribution is -0.385. The van der Waals surface area contributed by atoms with Crippen molar-refractivity contribution in [3.8, 4) is 35.1 Å². The molecule has 40 heavy (non-hydrogen) atoms. The first-order valence-corrected chi connectivity index (χ1v) is 11.2. The molecular weight excluding hydrogens is 529 g/mol. The third kappa shape index (κ3) is 5.39. The van der Waals surface area contributed by atoms with Crippen LogP contribution in [-0.2, 0) is 6.18 Å². The fourth-order valence-corrected chi connectivity index (χ4v) is 3.72. The van der Waals surface area contributed by atoms with Gasteiger partial charge in [-0.25, -0.2) is 4.68 Å². The summed E-state index contributed by atoms with van der Waals surface area (Å²) in [4.78, 5) is 10.4. The Morgan fingerprint density at radius 3 is 2.38 bits per heavy atom. The lowest BCUT2D eigenvalue weighted by Crippen LogP contribution is -2.06. The van der Waals surface area contributed by atoms with Gasteiger partial charge >= 0.3 is 11.9 Å². The van der Waals surface area contributed by atoms with Crippen molar-refractivity contribution in [2.75, 3.05) is 12.8 Å². The number of hydrogen-bond donors (Lipinski definition) is 1. The maximum atomic E-state index is 13.0. The van der Waals surface area contributed by atoms with E-state index in [2.05, 4.69) is 5.10 Å². The highest BCUT2D eigenvalue weighted by Crippen LogP contribution is 2.40. The lowest BCUT2D eigenvalue weighted by Gasteiger charge is -2.13. The van der Waals surface area contributed by atoms with Gasteiger partial charge in [0.25, 0.3) is 0 Å². The van der Waals surface area contributed by atoms with Crippen LogP contribution in [-0.4, -0.2) is 21.8 Å². The summed E-state index contributed by atoms with van der Waals surface area (Å²) in [6.45, 7) is 0. The van der Waals surface area contributed by atoms with E-state index in [9.17, 15) is 33.8 Å². The number of allylic oxidation sites excluding steroid dienone is 1. The fourth-order valence-electron chi connectivity index (χ4n) is 3.72. The van der Waals surface area contributed by atoms with E-state index >= 15 is 0 Å². The molecule has 1 heterocycles. The first-order chi connectivity index (χ1) is 19.1. The summed E-state index contributed by atoms with van der Waals surface area (Å²) in [7, 11) is 1.29. The van der Waals surface area contributed by atoms with Crippen molar-refractivity contribution in [1.82, 2.24) is 9.78 Å². The monoisotopic (exact) mass is 546 g/mol. The van der Waals surface area contributed by atoms with Gasteiger partial charge in [0, 0.05) is 6.07 Å². The van der Waals surface area contributed by atoms with Gasteiger partial charge in [-0.1, -0.05) is 24.3 Å². The number of ether oxygens (including phenoxy) is 2. The minimum Gasteiger partial charge on any atom is -0.493 e. The number of anilines is 1. The quantitative estimate of drug-likeness (QED) is 0.165. The number of halogens is 3. The van der Waals surface area contributed by atoms with Gasteiger partial charge in [0.15, 0.2) is 11.5 Å². The molecule has 200 valence electrons. The Hall–Kier alpha value is -5.82. The maximum Gasteiger partial charge on any atom is 0.416 e. The number of alkyl halides is 3. The number of nitrogens with zero attached hydrogens (tertiary/aromatic N) is 5. The standard InChI is InChI=1S/C27H17F3N6O4/c1-39-24-12-16(7-9-23(24)40-22-10-8-18(27(28,29)30)13-21(22)36(37)38)11-17(14-31)25-20(15-32)26(33)35(34-25)19-5-3-2-4-6-19/h2-13H,33H2,1H3. The third-order valence-corrected chi connectivity index (χ3v) is 5.61. The van der Waals surface area contributed by atoms with E-state index in [1.807, 2.05) is 12.1 Å². The van der Waals surface area contributed by atoms with Crippen LogP contribution < -0.4 is 15.2 Å². The summed E-state index contributed by atoms with van der Waals surface area (Å²) in [6, 6.07) is 18.9. The van der Waals surface area contributed by atoms with Crippen LogP contribution >= 0.6 is 0 Å². The van der Waals surface area contributed by atoms with Crippen molar-refractivity contribution < 1.29 is 27.6 Å². The fraction of sp³-hybridized carbons (Fsp3) is 0.0741. The second-order valence-corrected chi connectivity index (χ2v) is 8.09. The van der Waals surface area contributed by atoms with Crippen LogP contribution in [0.5, 0.6) is 17.2 Å². The van der Waals surface area contributed by atoms with Gasteiger partial charge in [0.1, 0.15) is 29.2 Å². The zero-order valence-electron chi connectivity index (χ0n) is 20.5. The summed E-state index contributed by atoms with van der Waals surface area (Å²) >= 11 is 0. The molecule has 0 saturated carbocycles. The van der Waals surface area contributed by atoms with Crippen LogP contribution in [0.2, 0.25) is 0 Å². The Kier molecular flexibility index (Phi) is 7.41. The number of nitro benzene ring substituents is 1. The molecule has 13 heteroatoms. The Balaban J connectivity index is 1.72. The molecule has 0 aliphatic carbocycles. The predicted molar refractivity (Wildman–Crippen MR) is 137 cm³/mol. The molecule has 1 aromatic heterocycles. The van der Waals surface area contributed by atoms with Crippen LogP contribution in [0.15, 0.2) is 66.7 Å². The van der Waals surface area contributed by atoms with Crippen molar-refractivity contribution in [2.24, 2.45) is 0 Å². The van der Waals surface area contributed by atoms with Crippen molar-refractivity contribution in [1.29, 1.82) is 10.5 Å². The van der Waals surface area contributed by atoms with Gasteiger partial charge in [-0.3, -0.25) is 10.1 Å². The Morgan fingerprint density at radius 1 is 1.07 bits per heavy atom. The molecule has 0 fully saturated rings. The number of nitriles is 2. The van der Waals surface area contributed by atoms with E-state index < -0.39 is 28.1 Å². The average Bonchev–Trinajstić information content (AvgIpc) is 3.28. The number of nitro groups is 1. The van der Waals surface area contributed by atoms with Crippen molar-refractivity contribution in [2.45, 2.75) is 6.18 Å². The highest BCUT2D eigenvalue weighted by atomic mass is 19.4. The van der Waals surface area contributed by atoms with E-state index in [1.54, 1.807) is 30.3 Å². The van der Waals surface area contributed by atoms with Crippen molar-refractivity contribution in [3.05, 3.63) is 99.2 Å². The van der Waals surface area contributed by atoms with E-state index in [-0.39, 0.29) is 34.1 Å². The number of benzene rings is 3. The van der Waals surface area contributed by atoms with E-state index in [1.165, 1.54) is 36.1 Å². The molecule has 0 unspecified atom stereocenters. The lowest BCUT2D eigenvalue weighted by atomic mass is 10.1. The van der Waals surface area contributed by atoms with Crippen molar-refractivity contribution in [3.63, 3.8) is 0 Å². The zero-order chi connectivity index (χ0) is 29.0. The second kappa shape index (κ2) is 10.9. The summed E-state index contributed by atoms with van der Waals surface area (Å²) in [5, 5.41) is 35.3. The van der Waals surface area contributed by atoms with Gasteiger partial charge in [-0.2, -0.15) is 28.8 Å². The number of hydrogen-bond acceptors (Lipinski definition) is 8. The molecule has 0 spiro atoms. The zero-order valence-corrected chi connectivity index (χ0v) is 20.5. The highest BCUT2D eigenvalue weighted by Gasteiger charge is 2.33. The molecular formula is C27H17F3N6O4. The molecule has 0 aliphatic heterocycles. The molecule has 0 bridgehead atoms. The number of methoxy groups -OCH3 is 1. The molecule has 0 saturated heterocycles. The van der Waals surface area contributed by atoms with Crippen LogP contribution in [0, 0.1) is 32.8 Å². The van der Waals surface area contributed by atoms with Crippen LogP contribution in [0.25, 0.3) is 17.3 Å².